The van der Waals surface area contributed by atoms with E-state index in [4.69, 9.17) is 16.9 Å². The summed E-state index contributed by atoms with van der Waals surface area (Å²) in [5, 5.41) is 18.0. The number of nitriles is 1. The fourth-order valence-electron chi connectivity index (χ4n) is 0.789. The number of hydrogen-bond acceptors (Lipinski definition) is 2. The van der Waals surface area contributed by atoms with E-state index in [9.17, 15) is 5.11 Å². The lowest BCUT2D eigenvalue weighted by atomic mass is 10.2. The van der Waals surface area contributed by atoms with E-state index in [2.05, 4.69) is 11.8 Å². The molecular formula is C10H6ClNO. The standard InChI is InChI=1S/C10H6ClNO/c11-9-5-4-8(10(13)7-9)3-1-2-6-12/h4-5,7,13H,2H2. The molecule has 3 heteroatoms. The SMILES string of the molecule is N#CCC#Cc1ccc(Cl)cc1O. The van der Waals surface area contributed by atoms with Gasteiger partial charge in [0.1, 0.15) is 5.75 Å². The molecule has 1 N–H and O–H groups in total. The lowest BCUT2D eigenvalue weighted by Gasteiger charge is -1.95. The molecule has 0 saturated heterocycles. The minimum atomic E-state index is 0.0398. The molecule has 0 aliphatic heterocycles. The first-order valence-corrected chi connectivity index (χ1v) is 3.96. The third-order valence-corrected chi connectivity index (χ3v) is 1.59. The Kier molecular flexibility index (Phi) is 3.20. The van der Waals surface area contributed by atoms with Gasteiger partial charge >= 0.3 is 0 Å². The van der Waals surface area contributed by atoms with Crippen LogP contribution in [0.4, 0.5) is 0 Å². The highest BCUT2D eigenvalue weighted by Gasteiger charge is 1.97. The maximum Gasteiger partial charge on any atom is 0.132 e. The summed E-state index contributed by atoms with van der Waals surface area (Å²) >= 11 is 5.62. The maximum absolute atomic E-state index is 9.32. The molecule has 0 aliphatic carbocycles. The smallest absolute Gasteiger partial charge is 0.132 e. The largest absolute Gasteiger partial charge is 0.507 e. The van der Waals surface area contributed by atoms with Crippen LogP contribution in [0, 0.1) is 23.2 Å². The second-order valence-electron chi connectivity index (χ2n) is 2.30. The van der Waals surface area contributed by atoms with Crippen molar-refractivity contribution in [2.75, 3.05) is 0 Å². The van der Waals surface area contributed by atoms with E-state index in [-0.39, 0.29) is 12.2 Å². The third-order valence-electron chi connectivity index (χ3n) is 1.35. The van der Waals surface area contributed by atoms with Crippen molar-refractivity contribution in [2.24, 2.45) is 0 Å². The molecule has 0 heterocycles. The van der Waals surface area contributed by atoms with Gasteiger partial charge in [-0.1, -0.05) is 23.4 Å². The van der Waals surface area contributed by atoms with Crippen molar-refractivity contribution in [3.05, 3.63) is 28.8 Å². The van der Waals surface area contributed by atoms with E-state index in [0.29, 0.717) is 10.6 Å². The molecule has 0 fully saturated rings. The van der Waals surface area contributed by atoms with Crippen LogP contribution in [0.1, 0.15) is 12.0 Å². The first-order valence-electron chi connectivity index (χ1n) is 3.58. The van der Waals surface area contributed by atoms with Gasteiger partial charge in [-0.2, -0.15) is 5.26 Å². The van der Waals surface area contributed by atoms with E-state index in [1.807, 2.05) is 6.07 Å². The normalized spacial score (nSPS) is 8.31. The van der Waals surface area contributed by atoms with Crippen LogP contribution in [0.15, 0.2) is 18.2 Å². The number of aromatic hydroxyl groups is 1. The van der Waals surface area contributed by atoms with Crippen LogP contribution in [-0.2, 0) is 0 Å². The average molecular weight is 192 g/mol. The first kappa shape index (κ1) is 9.45. The minimum Gasteiger partial charge on any atom is -0.507 e. The Balaban J connectivity index is 2.93. The molecule has 2 nitrogen and oxygen atoms in total. The van der Waals surface area contributed by atoms with Crippen LogP contribution in [0.5, 0.6) is 5.75 Å². The van der Waals surface area contributed by atoms with Gasteiger partial charge in [-0.25, -0.2) is 0 Å². The number of benzene rings is 1. The summed E-state index contributed by atoms with van der Waals surface area (Å²) in [6, 6.07) is 6.55. The van der Waals surface area contributed by atoms with Crippen LogP contribution in [-0.4, -0.2) is 5.11 Å². The molecule has 0 unspecified atom stereocenters. The van der Waals surface area contributed by atoms with Crippen LogP contribution >= 0.6 is 11.6 Å². The predicted octanol–water partition coefficient (Wildman–Crippen LogP) is 2.31. The Morgan fingerprint density at radius 2 is 2.23 bits per heavy atom. The van der Waals surface area contributed by atoms with E-state index >= 15 is 0 Å². The minimum absolute atomic E-state index is 0.0398. The molecule has 0 aromatic heterocycles. The maximum atomic E-state index is 9.32. The van der Waals surface area contributed by atoms with Crippen molar-refractivity contribution in [3.8, 4) is 23.7 Å². The molecule has 1 rings (SSSR count). The van der Waals surface area contributed by atoms with E-state index in [1.165, 1.54) is 6.07 Å². The molecule has 1 aromatic carbocycles. The van der Waals surface area contributed by atoms with E-state index in [0.717, 1.165) is 0 Å². The van der Waals surface area contributed by atoms with Gasteiger partial charge in [0.05, 0.1) is 18.1 Å². The summed E-state index contributed by atoms with van der Waals surface area (Å²) in [7, 11) is 0. The molecule has 0 radical (unpaired) electrons. The molecule has 0 atom stereocenters. The number of nitrogens with zero attached hydrogens (tertiary/aromatic N) is 1. The topological polar surface area (TPSA) is 44.0 Å². The number of rotatable bonds is 0. The summed E-state index contributed by atoms with van der Waals surface area (Å²) in [4.78, 5) is 0. The molecule has 0 bridgehead atoms. The molecule has 0 saturated carbocycles. The summed E-state index contributed by atoms with van der Waals surface area (Å²) in [6.45, 7) is 0. The number of phenolic OH excluding ortho intramolecular Hbond substituents is 1. The zero-order chi connectivity index (χ0) is 9.68. The van der Waals surface area contributed by atoms with Gasteiger partial charge in [-0.15, -0.1) is 0 Å². The molecule has 64 valence electrons. The highest BCUT2D eigenvalue weighted by Crippen LogP contribution is 2.20. The summed E-state index contributed by atoms with van der Waals surface area (Å²) in [5.41, 5.74) is 0.486. The van der Waals surface area contributed by atoms with Crippen LogP contribution in [0.25, 0.3) is 0 Å². The fourth-order valence-corrected chi connectivity index (χ4v) is 0.956. The Labute approximate surface area is 81.4 Å². The predicted molar refractivity (Wildman–Crippen MR) is 50.2 cm³/mol. The molecule has 13 heavy (non-hydrogen) atoms. The molecule has 0 amide bonds. The highest BCUT2D eigenvalue weighted by atomic mass is 35.5. The fraction of sp³-hybridized carbons (Fsp3) is 0.100. The van der Waals surface area contributed by atoms with Crippen LogP contribution in [0.2, 0.25) is 5.02 Å². The van der Waals surface area contributed by atoms with Crippen LogP contribution in [0.3, 0.4) is 0 Å². The quantitative estimate of drug-likeness (QED) is 0.640. The van der Waals surface area contributed by atoms with Gasteiger partial charge in [-0.05, 0) is 18.2 Å². The monoisotopic (exact) mass is 191 g/mol. The second kappa shape index (κ2) is 4.40. The Bertz CT molecular complexity index is 409. The molecule has 0 aliphatic rings. The second-order valence-corrected chi connectivity index (χ2v) is 2.73. The van der Waals surface area contributed by atoms with Gasteiger partial charge in [0.15, 0.2) is 0 Å². The molecular weight excluding hydrogens is 186 g/mol. The van der Waals surface area contributed by atoms with Crippen molar-refractivity contribution >= 4 is 11.6 Å². The Morgan fingerprint density at radius 3 is 2.85 bits per heavy atom. The van der Waals surface area contributed by atoms with E-state index < -0.39 is 0 Å². The third kappa shape index (κ3) is 2.71. The first-order chi connectivity index (χ1) is 6.24. The van der Waals surface area contributed by atoms with Gasteiger partial charge < -0.3 is 5.11 Å². The van der Waals surface area contributed by atoms with Crippen molar-refractivity contribution in [3.63, 3.8) is 0 Å². The lowest BCUT2D eigenvalue weighted by molar-refractivity contribution is 0.474. The zero-order valence-electron chi connectivity index (χ0n) is 6.71. The lowest BCUT2D eigenvalue weighted by Crippen LogP contribution is -1.75. The van der Waals surface area contributed by atoms with Gasteiger partial charge in [0.2, 0.25) is 0 Å². The van der Waals surface area contributed by atoms with Crippen molar-refractivity contribution in [1.29, 1.82) is 5.26 Å². The van der Waals surface area contributed by atoms with Gasteiger partial charge in [0, 0.05) is 5.02 Å². The number of hydrogen-bond donors (Lipinski definition) is 1. The van der Waals surface area contributed by atoms with Crippen LogP contribution < -0.4 is 0 Å². The van der Waals surface area contributed by atoms with Gasteiger partial charge in [0.25, 0.3) is 0 Å². The number of halogens is 1. The number of phenols is 1. The van der Waals surface area contributed by atoms with Crippen molar-refractivity contribution in [1.82, 2.24) is 0 Å². The van der Waals surface area contributed by atoms with E-state index in [1.54, 1.807) is 12.1 Å². The van der Waals surface area contributed by atoms with Crippen molar-refractivity contribution in [2.45, 2.75) is 6.42 Å². The Morgan fingerprint density at radius 1 is 1.46 bits per heavy atom. The highest BCUT2D eigenvalue weighted by molar-refractivity contribution is 6.30. The summed E-state index contributed by atoms with van der Waals surface area (Å²) < 4.78 is 0. The van der Waals surface area contributed by atoms with Crippen molar-refractivity contribution < 1.29 is 5.11 Å². The molecule has 0 spiro atoms. The molecule has 1 aromatic rings. The van der Waals surface area contributed by atoms with Gasteiger partial charge in [-0.3, -0.25) is 0 Å². The zero-order valence-corrected chi connectivity index (χ0v) is 7.47. The summed E-state index contributed by atoms with van der Waals surface area (Å²) in [6.07, 6.45) is 0.155. The summed E-state index contributed by atoms with van der Waals surface area (Å²) in [5.74, 6) is 5.30. The average Bonchev–Trinajstić information content (AvgIpc) is 2.09. The Hall–Kier alpha value is -1.64.